The summed E-state index contributed by atoms with van der Waals surface area (Å²) < 4.78 is 0.270. The number of carbonyl (C=O) groups excluding carboxylic acids is 1. The van der Waals surface area contributed by atoms with Crippen LogP contribution in [0.1, 0.15) is 6.92 Å². The van der Waals surface area contributed by atoms with E-state index in [1.807, 2.05) is 0 Å². The Balaban J connectivity index is 0. The molecule has 0 aliphatic carbocycles. The van der Waals surface area contributed by atoms with Gasteiger partial charge in [-0.2, -0.15) is 0 Å². The molecule has 0 spiro atoms. The van der Waals surface area contributed by atoms with Gasteiger partial charge in [0.15, 0.2) is 0 Å². The fraction of sp³-hybridized carbons (Fsp3) is 0.667. The molecular formula is C6H6Cl6O4. The van der Waals surface area contributed by atoms with E-state index in [1.165, 1.54) is 0 Å². The SMILES string of the molecule is CCOC(=O)C(Cl)(Cl)Cl.O=C(O)C(Cl)(Cl)Cl. The monoisotopic (exact) mass is 352 g/mol. The topological polar surface area (TPSA) is 63.6 Å². The molecule has 0 fully saturated rings. The predicted octanol–water partition coefficient (Wildman–Crippen LogP) is 3.36. The average Bonchev–Trinajstić information content (AvgIpc) is 2.02. The number of hydrogen-bond donors (Lipinski definition) is 1. The zero-order valence-corrected chi connectivity index (χ0v) is 12.2. The van der Waals surface area contributed by atoms with Gasteiger partial charge in [0.1, 0.15) is 0 Å². The molecule has 0 aromatic carbocycles. The lowest BCUT2D eigenvalue weighted by atomic mass is 10.7. The van der Waals surface area contributed by atoms with Gasteiger partial charge < -0.3 is 9.84 Å². The van der Waals surface area contributed by atoms with E-state index in [-0.39, 0.29) is 6.61 Å². The van der Waals surface area contributed by atoms with Gasteiger partial charge in [0.05, 0.1) is 6.61 Å². The Morgan fingerprint density at radius 3 is 1.44 bits per heavy atom. The minimum absolute atomic E-state index is 0.215. The van der Waals surface area contributed by atoms with E-state index < -0.39 is 19.5 Å². The summed E-state index contributed by atoms with van der Waals surface area (Å²) in [6, 6.07) is 0. The summed E-state index contributed by atoms with van der Waals surface area (Å²) in [4.78, 5) is 20.1. The van der Waals surface area contributed by atoms with Crippen LogP contribution in [0.3, 0.4) is 0 Å². The highest BCUT2D eigenvalue weighted by atomic mass is 35.6. The number of esters is 1. The highest BCUT2D eigenvalue weighted by molar-refractivity contribution is 6.76. The summed E-state index contributed by atoms with van der Waals surface area (Å²) in [6.07, 6.45) is 0. The average molecular weight is 355 g/mol. The third kappa shape index (κ3) is 11.2. The van der Waals surface area contributed by atoms with Gasteiger partial charge in [-0.15, -0.1) is 0 Å². The van der Waals surface area contributed by atoms with Crippen LogP contribution >= 0.6 is 69.6 Å². The lowest BCUT2D eigenvalue weighted by Gasteiger charge is -2.07. The van der Waals surface area contributed by atoms with Crippen molar-refractivity contribution in [3.8, 4) is 0 Å². The fourth-order valence-electron chi connectivity index (χ4n) is 0.213. The van der Waals surface area contributed by atoms with Crippen LogP contribution in [0.25, 0.3) is 0 Å². The quantitative estimate of drug-likeness (QED) is 0.579. The van der Waals surface area contributed by atoms with Crippen LogP contribution in [0.4, 0.5) is 0 Å². The molecule has 0 aromatic heterocycles. The van der Waals surface area contributed by atoms with Crippen molar-refractivity contribution in [1.82, 2.24) is 0 Å². The normalized spacial score (nSPS) is 11.2. The second kappa shape index (κ2) is 7.90. The third-order valence-corrected chi connectivity index (χ3v) is 1.70. The first-order valence-electron chi connectivity index (χ1n) is 3.47. The second-order valence-electron chi connectivity index (χ2n) is 2.02. The number of rotatable bonds is 1. The van der Waals surface area contributed by atoms with Gasteiger partial charge in [-0.1, -0.05) is 69.6 Å². The number of ether oxygens (including phenoxy) is 1. The Kier molecular flexibility index (Phi) is 9.40. The number of carboxylic acid groups (broad SMARTS) is 1. The van der Waals surface area contributed by atoms with E-state index >= 15 is 0 Å². The van der Waals surface area contributed by atoms with Gasteiger partial charge in [-0.3, -0.25) is 0 Å². The maximum absolute atomic E-state index is 10.4. The van der Waals surface area contributed by atoms with Crippen molar-refractivity contribution in [2.75, 3.05) is 6.61 Å². The number of hydrogen-bond acceptors (Lipinski definition) is 3. The standard InChI is InChI=1S/C4H5Cl3O2.C2HCl3O2/c1-2-9-3(8)4(5,6)7;3-2(4,5)1(6)7/h2H2,1H3;(H,6,7). The fourth-order valence-corrected chi connectivity index (χ4v) is 0.377. The molecule has 0 atom stereocenters. The molecule has 0 unspecified atom stereocenters. The molecule has 0 rings (SSSR count). The highest BCUT2D eigenvalue weighted by Crippen LogP contribution is 2.27. The molecule has 0 saturated carbocycles. The van der Waals surface area contributed by atoms with Crippen LogP contribution in [-0.4, -0.2) is 31.2 Å². The van der Waals surface area contributed by atoms with E-state index in [2.05, 4.69) is 4.74 Å². The van der Waals surface area contributed by atoms with Crippen LogP contribution in [0.5, 0.6) is 0 Å². The number of aliphatic carboxylic acids is 1. The van der Waals surface area contributed by atoms with Crippen molar-refractivity contribution in [3.63, 3.8) is 0 Å². The van der Waals surface area contributed by atoms with E-state index in [0.717, 1.165) is 0 Å². The van der Waals surface area contributed by atoms with Gasteiger partial charge in [0.2, 0.25) is 0 Å². The van der Waals surface area contributed by atoms with Crippen molar-refractivity contribution in [1.29, 1.82) is 0 Å². The van der Waals surface area contributed by atoms with E-state index in [0.29, 0.717) is 0 Å². The van der Waals surface area contributed by atoms with Gasteiger partial charge in [-0.25, -0.2) is 9.59 Å². The molecule has 0 aromatic rings. The maximum Gasteiger partial charge on any atom is 0.358 e. The highest BCUT2D eigenvalue weighted by Gasteiger charge is 2.32. The Hall–Kier alpha value is 0.680. The molecule has 0 saturated heterocycles. The van der Waals surface area contributed by atoms with Crippen molar-refractivity contribution < 1.29 is 19.4 Å². The molecule has 4 nitrogen and oxygen atoms in total. The molecule has 0 bridgehead atoms. The number of alkyl halides is 6. The first-order valence-corrected chi connectivity index (χ1v) is 5.73. The lowest BCUT2D eigenvalue weighted by Crippen LogP contribution is -2.21. The number of halogens is 6. The third-order valence-electron chi connectivity index (χ3n) is 0.749. The molecule has 0 amide bonds. The molecule has 16 heavy (non-hydrogen) atoms. The first-order chi connectivity index (χ1) is 6.92. The minimum atomic E-state index is -2.17. The van der Waals surface area contributed by atoms with Crippen LogP contribution in [-0.2, 0) is 14.3 Å². The molecule has 10 heteroatoms. The Morgan fingerprint density at radius 1 is 1.06 bits per heavy atom. The largest absolute Gasteiger partial charge is 0.478 e. The first kappa shape index (κ1) is 19.0. The predicted molar refractivity (Wildman–Crippen MR) is 64.8 cm³/mol. The Labute approximate surface area is 122 Å². The molecule has 0 aliphatic rings. The van der Waals surface area contributed by atoms with E-state index in [1.54, 1.807) is 6.92 Å². The van der Waals surface area contributed by atoms with Crippen molar-refractivity contribution in [2.45, 2.75) is 14.5 Å². The van der Waals surface area contributed by atoms with Crippen LogP contribution in [0.15, 0.2) is 0 Å². The Bertz CT molecular complexity index is 242. The summed E-state index contributed by atoms with van der Waals surface area (Å²) >= 11 is 29.8. The summed E-state index contributed by atoms with van der Waals surface area (Å²) in [6.45, 7) is 1.85. The Morgan fingerprint density at radius 2 is 1.38 bits per heavy atom. The summed E-state index contributed by atoms with van der Waals surface area (Å²) in [7, 11) is 0. The smallest absolute Gasteiger partial charge is 0.358 e. The molecule has 0 aliphatic heterocycles. The van der Waals surface area contributed by atoms with Crippen LogP contribution in [0, 0.1) is 0 Å². The lowest BCUT2D eigenvalue weighted by molar-refractivity contribution is -0.142. The molecular weight excluding hydrogens is 349 g/mol. The van der Waals surface area contributed by atoms with Gasteiger partial charge in [0, 0.05) is 0 Å². The summed E-state index contributed by atoms with van der Waals surface area (Å²) in [5.41, 5.74) is 0. The zero-order valence-electron chi connectivity index (χ0n) is 7.65. The molecule has 0 radical (unpaired) electrons. The number of carbonyl (C=O) groups is 2. The minimum Gasteiger partial charge on any atom is -0.478 e. The molecule has 96 valence electrons. The van der Waals surface area contributed by atoms with Crippen molar-refractivity contribution >= 4 is 81.5 Å². The van der Waals surface area contributed by atoms with Crippen molar-refractivity contribution in [2.24, 2.45) is 0 Å². The van der Waals surface area contributed by atoms with Gasteiger partial charge >= 0.3 is 11.9 Å². The van der Waals surface area contributed by atoms with Crippen molar-refractivity contribution in [3.05, 3.63) is 0 Å². The maximum atomic E-state index is 10.4. The molecule has 0 heterocycles. The van der Waals surface area contributed by atoms with E-state index in [4.69, 9.17) is 74.7 Å². The van der Waals surface area contributed by atoms with Crippen LogP contribution in [0.2, 0.25) is 0 Å². The van der Waals surface area contributed by atoms with Crippen LogP contribution < -0.4 is 0 Å². The summed E-state index contributed by atoms with van der Waals surface area (Å²) in [5, 5.41) is 7.85. The van der Waals surface area contributed by atoms with Gasteiger partial charge in [0.25, 0.3) is 7.59 Å². The second-order valence-corrected chi connectivity index (χ2v) is 6.58. The zero-order chi connectivity index (χ0) is 13.6. The van der Waals surface area contributed by atoms with E-state index in [9.17, 15) is 9.59 Å². The number of carboxylic acids is 1. The molecule has 1 N–H and O–H groups in total. The summed E-state index contributed by atoms with van der Waals surface area (Å²) in [5.74, 6) is -2.30. The van der Waals surface area contributed by atoms with Gasteiger partial charge in [-0.05, 0) is 6.92 Å².